The molecule has 0 spiro atoms. The molecule has 1 saturated carbocycles. The number of nitrogens with one attached hydrogen (secondary N) is 1. The molecule has 0 heterocycles. The second-order valence-corrected chi connectivity index (χ2v) is 11.6. The summed E-state index contributed by atoms with van der Waals surface area (Å²) in [6.07, 6.45) is -3.75. The van der Waals surface area contributed by atoms with E-state index in [0.717, 1.165) is 37.1 Å². The second-order valence-electron chi connectivity index (χ2n) is 9.55. The lowest BCUT2D eigenvalue weighted by molar-refractivity contribution is -0.160. The zero-order valence-corrected chi connectivity index (χ0v) is 21.5. The first-order chi connectivity index (χ1) is 17.8. The Labute approximate surface area is 218 Å². The van der Waals surface area contributed by atoms with Crippen molar-refractivity contribution in [1.29, 1.82) is 0 Å². The molecule has 1 N–H and O–H groups in total. The van der Waals surface area contributed by atoms with Crippen molar-refractivity contribution in [3.8, 4) is 0 Å². The molecule has 206 valence electrons. The number of alkyl halides is 3. The maximum atomic E-state index is 14.1. The molecular formula is C27H29F4NO5S. The van der Waals surface area contributed by atoms with E-state index in [9.17, 15) is 40.4 Å². The van der Waals surface area contributed by atoms with Crippen molar-refractivity contribution in [2.75, 3.05) is 5.75 Å². The first kappa shape index (κ1) is 29.6. The third kappa shape index (κ3) is 8.04. The van der Waals surface area contributed by atoms with Crippen LogP contribution in [0.1, 0.15) is 50.6 Å². The smallest absolute Gasteiger partial charge is 0.298 e. The van der Waals surface area contributed by atoms with E-state index in [0.29, 0.717) is 0 Å². The molecule has 0 bridgehead atoms. The molecule has 0 aromatic heterocycles. The Morgan fingerprint density at radius 3 is 2.13 bits per heavy atom. The van der Waals surface area contributed by atoms with Gasteiger partial charge < -0.3 is 0 Å². The summed E-state index contributed by atoms with van der Waals surface area (Å²) >= 11 is 0. The molecule has 1 aliphatic rings. The van der Waals surface area contributed by atoms with Gasteiger partial charge in [0.05, 0.1) is 16.7 Å². The second kappa shape index (κ2) is 12.3. The van der Waals surface area contributed by atoms with Crippen LogP contribution < -0.4 is 5.32 Å². The molecule has 6 nitrogen and oxygen atoms in total. The van der Waals surface area contributed by atoms with Gasteiger partial charge in [-0.05, 0) is 55.0 Å². The minimum atomic E-state index is -4.97. The lowest BCUT2D eigenvalue weighted by atomic mass is 9.89. The molecule has 38 heavy (non-hydrogen) atoms. The number of Topliss-reactive ketones (excluding diaryl/α,β-unsaturated/α-hetero) is 3. The molecule has 0 saturated heterocycles. The van der Waals surface area contributed by atoms with Gasteiger partial charge in [0, 0.05) is 18.8 Å². The first-order valence-electron chi connectivity index (χ1n) is 12.3. The van der Waals surface area contributed by atoms with Gasteiger partial charge in [-0.25, -0.2) is 12.8 Å². The Balaban J connectivity index is 1.91. The Kier molecular flexibility index (Phi) is 9.59. The molecule has 0 unspecified atom stereocenters. The summed E-state index contributed by atoms with van der Waals surface area (Å²) in [4.78, 5) is 38.1. The van der Waals surface area contributed by atoms with Gasteiger partial charge in [0.15, 0.2) is 21.4 Å². The molecule has 1 fully saturated rings. The summed E-state index contributed by atoms with van der Waals surface area (Å²) in [5.41, 5.74) is -0.420. The number of benzene rings is 2. The highest BCUT2D eigenvalue weighted by Crippen LogP contribution is 2.35. The minimum absolute atomic E-state index is 0.0638. The summed E-state index contributed by atoms with van der Waals surface area (Å²) in [5, 5.41) is 2.12. The molecule has 0 amide bonds. The number of halogens is 4. The third-order valence-corrected chi connectivity index (χ3v) is 8.30. The number of hydrogen-bond acceptors (Lipinski definition) is 6. The fourth-order valence-corrected chi connectivity index (χ4v) is 5.62. The van der Waals surface area contributed by atoms with Gasteiger partial charge >= 0.3 is 6.18 Å². The van der Waals surface area contributed by atoms with Crippen LogP contribution in [-0.2, 0) is 24.2 Å². The Bertz CT molecular complexity index is 1240. The predicted molar refractivity (Wildman–Crippen MR) is 131 cm³/mol. The lowest BCUT2D eigenvalue weighted by Gasteiger charge is -2.28. The first-order valence-corrected chi connectivity index (χ1v) is 13.9. The van der Waals surface area contributed by atoms with Crippen LogP contribution in [0.25, 0.3) is 0 Å². The van der Waals surface area contributed by atoms with E-state index in [1.165, 1.54) is 24.3 Å². The standard InChI is InChI=1S/C27H29F4NO5S/c1-2-18(25(35)24(34)14-17-8-9-17)15-23(33)22(16-38(36,37)21-6-4-3-5-7-21)32-26(27(29,30)31)19-10-12-20(28)13-11-19/h3-7,10-13,17-18,22,26,32H,2,8-9,14-16H2,1H3/t18-,22+,26+/m1/s1. The van der Waals surface area contributed by atoms with Gasteiger partial charge in [-0.2, -0.15) is 13.2 Å². The molecule has 3 rings (SSSR count). The van der Waals surface area contributed by atoms with Crippen molar-refractivity contribution in [3.63, 3.8) is 0 Å². The average Bonchev–Trinajstić information content (AvgIpc) is 3.69. The van der Waals surface area contributed by atoms with Crippen LogP contribution in [-0.4, -0.2) is 43.7 Å². The van der Waals surface area contributed by atoms with Crippen LogP contribution in [0.15, 0.2) is 59.5 Å². The normalized spacial score (nSPS) is 16.4. The molecular weight excluding hydrogens is 526 g/mol. The van der Waals surface area contributed by atoms with E-state index >= 15 is 0 Å². The van der Waals surface area contributed by atoms with Crippen molar-refractivity contribution in [2.45, 2.75) is 62.2 Å². The molecule has 11 heteroatoms. The average molecular weight is 556 g/mol. The van der Waals surface area contributed by atoms with E-state index in [2.05, 4.69) is 5.32 Å². The zero-order chi connectivity index (χ0) is 28.1. The number of rotatable bonds is 14. The van der Waals surface area contributed by atoms with Gasteiger partial charge in [0.1, 0.15) is 11.9 Å². The highest BCUT2D eigenvalue weighted by atomic mass is 32.2. The van der Waals surface area contributed by atoms with Crippen molar-refractivity contribution in [2.24, 2.45) is 11.8 Å². The van der Waals surface area contributed by atoms with Crippen LogP contribution >= 0.6 is 0 Å². The minimum Gasteiger partial charge on any atom is -0.298 e. The van der Waals surface area contributed by atoms with Gasteiger partial charge in [0.25, 0.3) is 0 Å². The van der Waals surface area contributed by atoms with Crippen LogP contribution in [0.4, 0.5) is 17.6 Å². The summed E-state index contributed by atoms with van der Waals surface area (Å²) < 4.78 is 81.6. The zero-order valence-electron chi connectivity index (χ0n) is 20.7. The largest absolute Gasteiger partial charge is 0.407 e. The third-order valence-electron chi connectivity index (χ3n) is 6.53. The fraction of sp³-hybridized carbons (Fsp3) is 0.444. The maximum absolute atomic E-state index is 14.1. The summed E-state index contributed by atoms with van der Waals surface area (Å²) in [5.74, 6) is -5.07. The van der Waals surface area contributed by atoms with E-state index in [4.69, 9.17) is 0 Å². The van der Waals surface area contributed by atoms with E-state index in [1.807, 2.05) is 0 Å². The predicted octanol–water partition coefficient (Wildman–Crippen LogP) is 4.78. The Hall–Kier alpha value is -2.92. The van der Waals surface area contributed by atoms with Gasteiger partial charge in [0.2, 0.25) is 5.78 Å². The molecule has 2 aromatic rings. The number of ketones is 3. The van der Waals surface area contributed by atoms with Crippen molar-refractivity contribution < 1.29 is 40.4 Å². The quantitative estimate of drug-likeness (QED) is 0.266. The van der Waals surface area contributed by atoms with Crippen molar-refractivity contribution in [3.05, 3.63) is 66.0 Å². The summed E-state index contributed by atoms with van der Waals surface area (Å²) in [6, 6.07) is 6.02. The number of carbonyl (C=O) groups excluding carboxylic acids is 3. The highest BCUT2D eigenvalue weighted by Gasteiger charge is 2.44. The number of carbonyl (C=O) groups is 3. The van der Waals surface area contributed by atoms with Gasteiger partial charge in [-0.1, -0.05) is 37.3 Å². The molecule has 2 aromatic carbocycles. The number of hydrogen-bond donors (Lipinski definition) is 1. The fourth-order valence-electron chi connectivity index (χ4n) is 4.13. The van der Waals surface area contributed by atoms with Crippen LogP contribution in [0.5, 0.6) is 0 Å². The summed E-state index contributed by atoms with van der Waals surface area (Å²) in [7, 11) is -4.23. The highest BCUT2D eigenvalue weighted by molar-refractivity contribution is 7.91. The summed E-state index contributed by atoms with van der Waals surface area (Å²) in [6.45, 7) is 1.57. The molecule has 0 aliphatic heterocycles. The monoisotopic (exact) mass is 555 g/mol. The van der Waals surface area contributed by atoms with Gasteiger partial charge in [-0.15, -0.1) is 0 Å². The van der Waals surface area contributed by atoms with E-state index in [-0.39, 0.29) is 23.7 Å². The van der Waals surface area contributed by atoms with Crippen molar-refractivity contribution in [1.82, 2.24) is 5.32 Å². The van der Waals surface area contributed by atoms with Crippen LogP contribution in [0.3, 0.4) is 0 Å². The Morgan fingerprint density at radius 1 is 1.00 bits per heavy atom. The molecule has 3 atom stereocenters. The SMILES string of the molecule is CC[C@H](CC(=O)[C@H](CS(=O)(=O)c1ccccc1)N[C@@H](c1ccc(F)cc1)C(F)(F)F)C(=O)C(=O)CC1CC1. The van der Waals surface area contributed by atoms with Crippen LogP contribution in [0, 0.1) is 17.7 Å². The lowest BCUT2D eigenvalue weighted by Crippen LogP contribution is -2.49. The van der Waals surface area contributed by atoms with E-state index < -0.39 is 74.9 Å². The topological polar surface area (TPSA) is 97.4 Å². The number of sulfone groups is 1. The molecule has 1 aliphatic carbocycles. The molecule has 0 radical (unpaired) electrons. The van der Waals surface area contributed by atoms with Crippen LogP contribution in [0.2, 0.25) is 0 Å². The maximum Gasteiger partial charge on any atom is 0.407 e. The van der Waals surface area contributed by atoms with Gasteiger partial charge in [-0.3, -0.25) is 19.7 Å². The Morgan fingerprint density at radius 2 is 1.61 bits per heavy atom. The van der Waals surface area contributed by atoms with Crippen molar-refractivity contribution >= 4 is 27.2 Å². The van der Waals surface area contributed by atoms with E-state index in [1.54, 1.807) is 13.0 Å².